The Balaban J connectivity index is 2.20. The van der Waals surface area contributed by atoms with Gasteiger partial charge in [-0.3, -0.25) is 9.59 Å². The van der Waals surface area contributed by atoms with Crippen molar-refractivity contribution in [1.82, 2.24) is 10.3 Å². The standard InChI is InChI=1S/C12H14N2O4S/c15-9-7-8(1-4-13-9)10(16)14-12(11(17)18)2-5-19-6-3-12/h1,4,7H,2-3,5-6H2,(H,13,15)(H,14,16)(H,17,18). The highest BCUT2D eigenvalue weighted by Crippen LogP contribution is 2.27. The van der Waals surface area contributed by atoms with Gasteiger partial charge in [0.1, 0.15) is 5.54 Å². The maximum atomic E-state index is 12.0. The van der Waals surface area contributed by atoms with E-state index in [4.69, 9.17) is 0 Å². The van der Waals surface area contributed by atoms with Crippen LogP contribution in [0.3, 0.4) is 0 Å². The number of carbonyl (C=O) groups is 2. The molecule has 19 heavy (non-hydrogen) atoms. The second-order valence-electron chi connectivity index (χ2n) is 4.40. The molecule has 6 nitrogen and oxygen atoms in total. The molecule has 7 heteroatoms. The third kappa shape index (κ3) is 2.98. The Morgan fingerprint density at radius 2 is 2.05 bits per heavy atom. The lowest BCUT2D eigenvalue weighted by atomic mass is 9.92. The van der Waals surface area contributed by atoms with Crippen molar-refractivity contribution in [3.05, 3.63) is 34.2 Å². The van der Waals surface area contributed by atoms with Crippen molar-refractivity contribution in [3.8, 4) is 0 Å². The minimum Gasteiger partial charge on any atom is -0.480 e. The smallest absolute Gasteiger partial charge is 0.329 e. The molecule has 1 aliphatic rings. The highest BCUT2D eigenvalue weighted by molar-refractivity contribution is 7.99. The second kappa shape index (κ2) is 5.48. The molecule has 1 amide bonds. The number of carboxylic acid groups (broad SMARTS) is 1. The third-order valence-corrected chi connectivity index (χ3v) is 4.13. The molecule has 0 bridgehead atoms. The van der Waals surface area contributed by atoms with Crippen LogP contribution >= 0.6 is 11.8 Å². The molecule has 0 unspecified atom stereocenters. The highest BCUT2D eigenvalue weighted by atomic mass is 32.2. The Labute approximate surface area is 113 Å². The predicted octanol–water partition coefficient (Wildman–Crippen LogP) is 0.455. The van der Waals surface area contributed by atoms with Crippen LogP contribution in [0.25, 0.3) is 0 Å². The number of amides is 1. The van der Waals surface area contributed by atoms with Gasteiger partial charge in [-0.15, -0.1) is 0 Å². The summed E-state index contributed by atoms with van der Waals surface area (Å²) in [6, 6.07) is 2.60. The molecule has 0 aromatic carbocycles. The minimum absolute atomic E-state index is 0.169. The molecule has 3 N–H and O–H groups in total. The molecular formula is C12H14N2O4S. The summed E-state index contributed by atoms with van der Waals surface area (Å²) in [6.07, 6.45) is 2.14. The number of aromatic amines is 1. The van der Waals surface area contributed by atoms with Crippen LogP contribution < -0.4 is 10.9 Å². The predicted molar refractivity (Wildman–Crippen MR) is 71.5 cm³/mol. The maximum absolute atomic E-state index is 12.0. The number of carboxylic acids is 1. The van der Waals surface area contributed by atoms with Gasteiger partial charge in [0.05, 0.1) is 0 Å². The third-order valence-electron chi connectivity index (χ3n) is 3.15. The lowest BCUT2D eigenvalue weighted by Gasteiger charge is -2.33. The number of thioether (sulfide) groups is 1. The number of carbonyl (C=O) groups excluding carboxylic acids is 1. The fourth-order valence-corrected chi connectivity index (χ4v) is 3.18. The minimum atomic E-state index is -1.22. The summed E-state index contributed by atoms with van der Waals surface area (Å²) in [7, 11) is 0. The van der Waals surface area contributed by atoms with Crippen molar-refractivity contribution in [1.29, 1.82) is 0 Å². The van der Waals surface area contributed by atoms with Gasteiger partial charge in [-0.2, -0.15) is 11.8 Å². The summed E-state index contributed by atoms with van der Waals surface area (Å²) in [5, 5.41) is 11.9. The number of hydrogen-bond donors (Lipinski definition) is 3. The fraction of sp³-hybridized carbons (Fsp3) is 0.417. The highest BCUT2D eigenvalue weighted by Gasteiger charge is 2.41. The molecule has 0 aliphatic carbocycles. The van der Waals surface area contributed by atoms with Crippen molar-refractivity contribution in [2.24, 2.45) is 0 Å². The van der Waals surface area contributed by atoms with Gasteiger partial charge in [-0.25, -0.2) is 4.79 Å². The second-order valence-corrected chi connectivity index (χ2v) is 5.62. The lowest BCUT2D eigenvalue weighted by Crippen LogP contribution is -2.56. The van der Waals surface area contributed by atoms with E-state index in [1.165, 1.54) is 12.3 Å². The molecule has 1 saturated heterocycles. The number of H-pyrrole nitrogens is 1. The summed E-state index contributed by atoms with van der Waals surface area (Å²) in [5.74, 6) is -0.157. The van der Waals surface area contributed by atoms with E-state index >= 15 is 0 Å². The lowest BCUT2D eigenvalue weighted by molar-refractivity contribution is -0.144. The fourth-order valence-electron chi connectivity index (χ4n) is 1.99. The van der Waals surface area contributed by atoms with E-state index < -0.39 is 23.0 Å². The first-order valence-corrected chi connectivity index (χ1v) is 7.01. The van der Waals surface area contributed by atoms with Crippen LogP contribution in [-0.2, 0) is 4.79 Å². The maximum Gasteiger partial charge on any atom is 0.329 e. The van der Waals surface area contributed by atoms with Gasteiger partial charge < -0.3 is 15.4 Å². The first kappa shape index (κ1) is 13.7. The van der Waals surface area contributed by atoms with Crippen molar-refractivity contribution in [3.63, 3.8) is 0 Å². The number of hydrogen-bond acceptors (Lipinski definition) is 4. The molecule has 1 fully saturated rings. The monoisotopic (exact) mass is 282 g/mol. The Bertz CT molecular complexity index is 549. The summed E-state index contributed by atoms with van der Waals surface area (Å²) in [5.41, 5.74) is -1.44. The Kier molecular flexibility index (Phi) is 3.94. The van der Waals surface area contributed by atoms with E-state index in [0.717, 1.165) is 6.07 Å². The van der Waals surface area contributed by atoms with Crippen molar-refractivity contribution >= 4 is 23.6 Å². The molecule has 2 heterocycles. The first-order valence-electron chi connectivity index (χ1n) is 5.86. The number of rotatable bonds is 3. The Morgan fingerprint density at radius 1 is 1.37 bits per heavy atom. The van der Waals surface area contributed by atoms with E-state index in [2.05, 4.69) is 10.3 Å². The number of pyridine rings is 1. The van der Waals surface area contributed by atoms with Crippen LogP contribution in [0.1, 0.15) is 23.2 Å². The van der Waals surface area contributed by atoms with Crippen LogP contribution in [0.2, 0.25) is 0 Å². The molecule has 1 aliphatic heterocycles. The molecule has 1 aromatic rings. The van der Waals surface area contributed by atoms with Crippen LogP contribution in [0.4, 0.5) is 0 Å². The van der Waals surface area contributed by atoms with Crippen molar-refractivity contribution in [2.45, 2.75) is 18.4 Å². The van der Waals surface area contributed by atoms with Crippen LogP contribution in [0.15, 0.2) is 23.1 Å². The van der Waals surface area contributed by atoms with E-state index in [1.807, 2.05) is 0 Å². The largest absolute Gasteiger partial charge is 0.480 e. The average molecular weight is 282 g/mol. The van der Waals surface area contributed by atoms with E-state index in [0.29, 0.717) is 24.3 Å². The number of aliphatic carboxylic acids is 1. The van der Waals surface area contributed by atoms with Gasteiger partial charge in [-0.1, -0.05) is 0 Å². The van der Waals surface area contributed by atoms with E-state index in [-0.39, 0.29) is 5.56 Å². The Hall–Kier alpha value is -1.76. The zero-order chi connectivity index (χ0) is 13.9. The average Bonchev–Trinajstić information content (AvgIpc) is 2.39. The molecular weight excluding hydrogens is 268 g/mol. The summed E-state index contributed by atoms with van der Waals surface area (Å²) in [4.78, 5) is 37.0. The zero-order valence-corrected chi connectivity index (χ0v) is 11.0. The zero-order valence-electron chi connectivity index (χ0n) is 10.1. The molecule has 0 radical (unpaired) electrons. The summed E-state index contributed by atoms with van der Waals surface area (Å²) in [6.45, 7) is 0. The molecule has 2 rings (SSSR count). The van der Waals surface area contributed by atoms with E-state index in [9.17, 15) is 19.5 Å². The van der Waals surface area contributed by atoms with Gasteiger partial charge in [0.2, 0.25) is 5.56 Å². The van der Waals surface area contributed by atoms with Gasteiger partial charge >= 0.3 is 5.97 Å². The molecule has 0 spiro atoms. The SMILES string of the molecule is O=C(NC1(C(=O)O)CCSCC1)c1cc[nH]c(=O)c1. The van der Waals surface area contributed by atoms with Crippen molar-refractivity contribution < 1.29 is 14.7 Å². The van der Waals surface area contributed by atoms with Crippen LogP contribution in [-0.4, -0.2) is 39.0 Å². The van der Waals surface area contributed by atoms with Gasteiger partial charge in [-0.05, 0) is 30.4 Å². The van der Waals surface area contributed by atoms with Gasteiger partial charge in [0, 0.05) is 17.8 Å². The Morgan fingerprint density at radius 3 is 2.63 bits per heavy atom. The topological polar surface area (TPSA) is 99.3 Å². The van der Waals surface area contributed by atoms with Gasteiger partial charge in [0.15, 0.2) is 0 Å². The normalized spacial score (nSPS) is 17.7. The summed E-state index contributed by atoms with van der Waals surface area (Å²) >= 11 is 1.67. The molecule has 102 valence electrons. The van der Waals surface area contributed by atoms with Crippen LogP contribution in [0.5, 0.6) is 0 Å². The molecule has 0 atom stereocenters. The van der Waals surface area contributed by atoms with Crippen molar-refractivity contribution in [2.75, 3.05) is 11.5 Å². The molecule has 0 saturated carbocycles. The summed E-state index contributed by atoms with van der Waals surface area (Å²) < 4.78 is 0. The van der Waals surface area contributed by atoms with Gasteiger partial charge in [0.25, 0.3) is 5.91 Å². The number of nitrogens with one attached hydrogen (secondary N) is 2. The quantitative estimate of drug-likeness (QED) is 0.747. The number of aromatic nitrogens is 1. The molecule has 1 aromatic heterocycles. The first-order chi connectivity index (χ1) is 9.03. The van der Waals surface area contributed by atoms with E-state index in [1.54, 1.807) is 11.8 Å². The van der Waals surface area contributed by atoms with Crippen LogP contribution in [0, 0.1) is 0 Å².